The Morgan fingerprint density at radius 3 is 2.60 bits per heavy atom. The third-order valence-electron chi connectivity index (χ3n) is 5.96. The number of aliphatic hydroxyl groups is 1. The predicted octanol–water partition coefficient (Wildman–Crippen LogP) is 2.56. The molecule has 0 aromatic rings. The summed E-state index contributed by atoms with van der Waals surface area (Å²) >= 11 is 0. The van der Waals surface area contributed by atoms with E-state index in [1.165, 1.54) is 12.8 Å². The van der Waals surface area contributed by atoms with Crippen molar-refractivity contribution in [1.29, 1.82) is 0 Å². The Morgan fingerprint density at radius 2 is 1.87 bits per heavy atom. The van der Waals surface area contributed by atoms with E-state index in [0.717, 1.165) is 18.8 Å². The maximum absolute atomic E-state index is 9.65. The quantitative estimate of drug-likeness (QED) is 0.666. The molecule has 2 saturated carbocycles. The van der Waals surface area contributed by atoms with Gasteiger partial charge in [0.1, 0.15) is 0 Å². The van der Waals surface area contributed by atoms with Crippen LogP contribution in [0.15, 0.2) is 0 Å². The first kappa shape index (κ1) is 10.1. The van der Waals surface area contributed by atoms with Gasteiger partial charge >= 0.3 is 0 Å². The number of hydrogen-bond donors (Lipinski definition) is 1. The highest BCUT2D eigenvalue weighted by Gasteiger charge is 2.67. The van der Waals surface area contributed by atoms with Crippen molar-refractivity contribution in [3.63, 3.8) is 0 Å². The zero-order chi connectivity index (χ0) is 10.8. The zero-order valence-corrected chi connectivity index (χ0v) is 9.99. The van der Waals surface area contributed by atoms with Crippen molar-refractivity contribution in [2.24, 2.45) is 22.7 Å². The molecule has 3 rings (SSSR count). The summed E-state index contributed by atoms with van der Waals surface area (Å²) in [5.41, 5.74) is 0.691. The van der Waals surface area contributed by atoms with E-state index in [2.05, 4.69) is 20.8 Å². The Bertz CT molecular complexity index is 286. The van der Waals surface area contributed by atoms with E-state index in [1.54, 1.807) is 0 Å². The van der Waals surface area contributed by atoms with Gasteiger partial charge in [0.05, 0.1) is 6.10 Å². The minimum Gasteiger partial charge on any atom is -0.368 e. The maximum atomic E-state index is 9.65. The SMILES string of the molecule is CC1(C)[C@@H]2CC[C@@]1(C)[C@H]1O[C@H](O)CC[C@@H]21. The molecule has 5 atom stereocenters. The van der Waals surface area contributed by atoms with Crippen molar-refractivity contribution in [3.8, 4) is 0 Å². The average Bonchev–Trinajstić information content (AvgIpc) is 2.48. The van der Waals surface area contributed by atoms with E-state index in [-0.39, 0.29) is 0 Å². The van der Waals surface area contributed by atoms with Gasteiger partial charge in [0, 0.05) is 0 Å². The number of ether oxygens (including phenoxy) is 1. The molecule has 86 valence electrons. The van der Waals surface area contributed by atoms with E-state index < -0.39 is 6.29 Å². The molecule has 2 aliphatic carbocycles. The number of fused-ring (bicyclic) bond motifs is 5. The van der Waals surface area contributed by atoms with E-state index in [4.69, 9.17) is 4.74 Å². The van der Waals surface area contributed by atoms with Gasteiger partial charge < -0.3 is 9.84 Å². The summed E-state index contributed by atoms with van der Waals surface area (Å²) in [6.45, 7) is 7.17. The predicted molar refractivity (Wildman–Crippen MR) is 58.2 cm³/mol. The summed E-state index contributed by atoms with van der Waals surface area (Å²) in [4.78, 5) is 0. The smallest absolute Gasteiger partial charge is 0.154 e. The molecule has 0 unspecified atom stereocenters. The Kier molecular flexibility index (Phi) is 1.87. The molecular formula is C13H22O2. The standard InChI is InChI=1S/C13H22O2/c1-12(2)9-6-7-13(12,3)11-8(9)4-5-10(14)15-11/h8-11,14H,4-7H2,1-3H3/t8-,9+,10-,11-,13-/m0/s1. The second-order valence-electron chi connectivity index (χ2n) is 6.54. The second-order valence-corrected chi connectivity index (χ2v) is 6.54. The van der Waals surface area contributed by atoms with Crippen LogP contribution in [0.4, 0.5) is 0 Å². The monoisotopic (exact) mass is 210 g/mol. The molecule has 0 radical (unpaired) electrons. The molecule has 15 heavy (non-hydrogen) atoms. The minimum absolute atomic E-state index is 0.295. The van der Waals surface area contributed by atoms with Crippen molar-refractivity contribution in [2.45, 2.75) is 58.8 Å². The molecule has 2 heteroatoms. The molecule has 1 saturated heterocycles. The highest BCUT2D eigenvalue weighted by Crippen LogP contribution is 2.70. The van der Waals surface area contributed by atoms with E-state index in [9.17, 15) is 5.11 Å². The van der Waals surface area contributed by atoms with Gasteiger partial charge in [-0.25, -0.2) is 0 Å². The van der Waals surface area contributed by atoms with Crippen LogP contribution in [-0.2, 0) is 4.74 Å². The van der Waals surface area contributed by atoms with Gasteiger partial charge in [-0.2, -0.15) is 0 Å². The first-order valence-electron chi connectivity index (χ1n) is 6.30. The lowest BCUT2D eigenvalue weighted by Gasteiger charge is -2.43. The molecule has 0 amide bonds. The van der Waals surface area contributed by atoms with Crippen LogP contribution < -0.4 is 0 Å². The number of aliphatic hydroxyl groups excluding tert-OH is 1. The zero-order valence-electron chi connectivity index (χ0n) is 9.99. The molecule has 1 heterocycles. The van der Waals surface area contributed by atoms with Crippen molar-refractivity contribution < 1.29 is 9.84 Å². The largest absolute Gasteiger partial charge is 0.368 e. The summed E-state index contributed by atoms with van der Waals surface area (Å²) in [7, 11) is 0. The molecule has 2 nitrogen and oxygen atoms in total. The lowest BCUT2D eigenvalue weighted by molar-refractivity contribution is -0.212. The van der Waals surface area contributed by atoms with Gasteiger partial charge in [0.2, 0.25) is 0 Å². The van der Waals surface area contributed by atoms with Gasteiger partial charge in [-0.15, -0.1) is 0 Å². The molecule has 1 N–H and O–H groups in total. The Balaban J connectivity index is 1.98. The number of hydrogen-bond acceptors (Lipinski definition) is 2. The van der Waals surface area contributed by atoms with Crippen LogP contribution in [-0.4, -0.2) is 17.5 Å². The van der Waals surface area contributed by atoms with Crippen LogP contribution in [0.25, 0.3) is 0 Å². The van der Waals surface area contributed by atoms with Crippen LogP contribution >= 0.6 is 0 Å². The first-order valence-corrected chi connectivity index (χ1v) is 6.30. The molecular weight excluding hydrogens is 188 g/mol. The third-order valence-corrected chi connectivity index (χ3v) is 5.96. The molecule has 0 spiro atoms. The van der Waals surface area contributed by atoms with Gasteiger partial charge in [-0.1, -0.05) is 20.8 Å². The second kappa shape index (κ2) is 2.78. The summed E-state index contributed by atoms with van der Waals surface area (Å²) in [6, 6.07) is 0. The molecule has 0 aromatic carbocycles. The van der Waals surface area contributed by atoms with Crippen molar-refractivity contribution >= 4 is 0 Å². The lowest BCUT2D eigenvalue weighted by atomic mass is 9.69. The Morgan fingerprint density at radius 1 is 1.13 bits per heavy atom. The van der Waals surface area contributed by atoms with E-state index in [0.29, 0.717) is 22.9 Å². The van der Waals surface area contributed by atoms with Crippen LogP contribution in [0.5, 0.6) is 0 Å². The third kappa shape index (κ3) is 1.03. The first-order chi connectivity index (χ1) is 6.97. The average molecular weight is 210 g/mol. The van der Waals surface area contributed by atoms with Gasteiger partial charge in [-0.3, -0.25) is 0 Å². The summed E-state index contributed by atoms with van der Waals surface area (Å²) < 4.78 is 5.84. The highest BCUT2D eigenvalue weighted by molar-refractivity contribution is 5.15. The summed E-state index contributed by atoms with van der Waals surface area (Å²) in [6.07, 6.45) is 4.45. The molecule has 1 aliphatic heterocycles. The van der Waals surface area contributed by atoms with E-state index >= 15 is 0 Å². The van der Waals surface area contributed by atoms with Crippen molar-refractivity contribution in [1.82, 2.24) is 0 Å². The minimum atomic E-state index is -0.502. The van der Waals surface area contributed by atoms with Crippen molar-refractivity contribution in [2.75, 3.05) is 0 Å². The highest BCUT2D eigenvalue weighted by atomic mass is 16.6. The fourth-order valence-corrected chi connectivity index (χ4v) is 4.68. The van der Waals surface area contributed by atoms with Gasteiger partial charge in [0.15, 0.2) is 6.29 Å². The summed E-state index contributed by atoms with van der Waals surface area (Å²) in [5, 5.41) is 9.65. The molecule has 3 fully saturated rings. The fourth-order valence-electron chi connectivity index (χ4n) is 4.68. The Labute approximate surface area is 92.0 Å². The van der Waals surface area contributed by atoms with Gasteiger partial charge in [-0.05, 0) is 48.3 Å². The fraction of sp³-hybridized carbons (Fsp3) is 1.00. The van der Waals surface area contributed by atoms with Crippen LogP contribution in [0, 0.1) is 22.7 Å². The van der Waals surface area contributed by atoms with Crippen LogP contribution in [0.2, 0.25) is 0 Å². The summed E-state index contributed by atoms with van der Waals surface area (Å²) in [5.74, 6) is 1.53. The Hall–Kier alpha value is -0.0800. The topological polar surface area (TPSA) is 29.5 Å². The van der Waals surface area contributed by atoms with Crippen molar-refractivity contribution in [3.05, 3.63) is 0 Å². The normalized spacial score (nSPS) is 56.8. The molecule has 2 bridgehead atoms. The van der Waals surface area contributed by atoms with Crippen LogP contribution in [0.1, 0.15) is 46.5 Å². The number of rotatable bonds is 0. The molecule has 3 aliphatic rings. The molecule has 0 aromatic heterocycles. The van der Waals surface area contributed by atoms with Crippen LogP contribution in [0.3, 0.4) is 0 Å². The van der Waals surface area contributed by atoms with E-state index in [1.807, 2.05) is 0 Å². The van der Waals surface area contributed by atoms with Gasteiger partial charge in [0.25, 0.3) is 0 Å². The maximum Gasteiger partial charge on any atom is 0.154 e. The lowest BCUT2D eigenvalue weighted by Crippen LogP contribution is -2.44.